The Morgan fingerprint density at radius 2 is 0.879 bits per heavy atom. The number of carbonyl (C=O) groups is 4. The number of nitrogen functional groups attached to an aromatic ring is 1. The number of para-hydroxylation sites is 2. The molecule has 3 aliphatic heterocycles. The van der Waals surface area contributed by atoms with E-state index in [2.05, 4.69) is 16.7 Å². The van der Waals surface area contributed by atoms with Gasteiger partial charge in [-0.1, -0.05) is 43.8 Å². The Morgan fingerprint density at radius 3 is 1.21 bits per heavy atom. The van der Waals surface area contributed by atoms with Gasteiger partial charge in [0.2, 0.25) is 23.6 Å². The van der Waals surface area contributed by atoms with Crippen LogP contribution in [0, 0.1) is 45.6 Å². The topological polar surface area (TPSA) is 184 Å². The van der Waals surface area contributed by atoms with Crippen LogP contribution < -0.4 is 16.4 Å². The maximum atomic E-state index is 12.9. The summed E-state index contributed by atoms with van der Waals surface area (Å²) in [6, 6.07) is 14.8. The molecule has 4 saturated carbocycles. The lowest BCUT2D eigenvalue weighted by Crippen LogP contribution is -2.52. The maximum absolute atomic E-state index is 12.9. The first kappa shape index (κ1) is 50.8. The van der Waals surface area contributed by atoms with Gasteiger partial charge in [-0.05, 0) is 126 Å². The second kappa shape index (κ2) is 25.5. The van der Waals surface area contributed by atoms with E-state index in [4.69, 9.17) is 10.5 Å². The van der Waals surface area contributed by atoms with E-state index >= 15 is 0 Å². The molecule has 2 aromatic carbocycles. The standard InChI is InChI=1S/C23H32N4O4.C23H34N4O2.C4H8O.CH4/c28-22(25-11-13-26(14-12-25)23(29)19-9-10-19)18-7-5-17(6-8-18)15-24-16-20-3-1-2-4-21(20)27(30)31;24-21-4-2-1-3-20(21)16-25-15-17-5-7-18(8-6-17)22(28)26-11-13-27(14-12-26)23(29)19-9-10-19;1-2-4-5-3-1;/h1-4,17-19,24H,5-16H2;1-4,17-19,25H,5-16,24H2;1-4H2;1H4. The van der Waals surface area contributed by atoms with E-state index < -0.39 is 0 Å². The molecule has 0 bridgehead atoms. The molecule has 4 N–H and O–H groups in total. The van der Waals surface area contributed by atoms with Gasteiger partial charge in [0.15, 0.2) is 0 Å². The number of nitro benzene ring substituents is 1. The third-order valence-electron chi connectivity index (χ3n) is 14.6. The van der Waals surface area contributed by atoms with Gasteiger partial charge < -0.3 is 40.7 Å². The molecule has 4 aliphatic carbocycles. The van der Waals surface area contributed by atoms with Crippen LogP contribution in [0.1, 0.15) is 108 Å². The predicted molar refractivity (Wildman–Crippen MR) is 257 cm³/mol. The Bertz CT molecular complexity index is 1860. The quantitative estimate of drug-likeness (QED) is 0.118. The van der Waals surface area contributed by atoms with E-state index in [1.165, 1.54) is 18.9 Å². The number of ether oxygens (including phenoxy) is 1. The minimum absolute atomic E-state index is 0. The molecule has 66 heavy (non-hydrogen) atoms. The van der Waals surface area contributed by atoms with Crippen molar-refractivity contribution in [3.05, 3.63) is 69.8 Å². The number of nitrogens with two attached hydrogens (primary N) is 1. The molecule has 0 radical (unpaired) electrons. The molecule has 0 spiro atoms. The van der Waals surface area contributed by atoms with Crippen molar-refractivity contribution in [2.45, 2.75) is 110 Å². The second-order valence-electron chi connectivity index (χ2n) is 19.5. The first-order chi connectivity index (χ1) is 31.6. The molecule has 15 heteroatoms. The molecular weight excluding hydrogens is 837 g/mol. The number of anilines is 1. The zero-order valence-electron chi connectivity index (χ0n) is 38.6. The van der Waals surface area contributed by atoms with Crippen LogP contribution in [0.2, 0.25) is 0 Å². The fourth-order valence-corrected chi connectivity index (χ4v) is 10.1. The number of piperazine rings is 2. The summed E-state index contributed by atoms with van der Waals surface area (Å²) in [5, 5.41) is 18.0. The average molecular weight is 915 g/mol. The monoisotopic (exact) mass is 915 g/mol. The van der Waals surface area contributed by atoms with Gasteiger partial charge in [-0.25, -0.2) is 0 Å². The Hall–Kier alpha value is -4.60. The zero-order chi connectivity index (χ0) is 45.5. The summed E-state index contributed by atoms with van der Waals surface area (Å²) >= 11 is 0. The van der Waals surface area contributed by atoms with Gasteiger partial charge in [-0.3, -0.25) is 29.3 Å². The minimum Gasteiger partial charge on any atom is -0.398 e. The van der Waals surface area contributed by atoms with Crippen molar-refractivity contribution in [1.29, 1.82) is 0 Å². The number of nitrogens with one attached hydrogen (secondary N) is 2. The van der Waals surface area contributed by atoms with Crippen molar-refractivity contribution >= 4 is 35.0 Å². The summed E-state index contributed by atoms with van der Waals surface area (Å²) in [6.07, 6.45) is 14.7. The van der Waals surface area contributed by atoms with Crippen LogP contribution in [-0.4, -0.2) is 127 Å². The minimum atomic E-state index is -0.338. The summed E-state index contributed by atoms with van der Waals surface area (Å²) in [5.74, 6) is 3.08. The van der Waals surface area contributed by atoms with E-state index in [1.807, 2.05) is 43.9 Å². The molecule has 7 aliphatic rings. The number of amides is 4. The number of nitrogens with zero attached hydrogens (tertiary/aromatic N) is 5. The van der Waals surface area contributed by atoms with E-state index in [1.54, 1.807) is 12.1 Å². The van der Waals surface area contributed by atoms with Crippen LogP contribution in [0.25, 0.3) is 0 Å². The van der Waals surface area contributed by atoms with Crippen molar-refractivity contribution in [2.24, 2.45) is 35.5 Å². The highest BCUT2D eigenvalue weighted by molar-refractivity contribution is 5.83. The Morgan fingerprint density at radius 1 is 0.545 bits per heavy atom. The summed E-state index contributed by atoms with van der Waals surface area (Å²) in [5.41, 5.74) is 8.85. The molecule has 2 aromatic rings. The third kappa shape index (κ3) is 15.0. The van der Waals surface area contributed by atoms with E-state index in [0.29, 0.717) is 88.1 Å². The highest BCUT2D eigenvalue weighted by atomic mass is 16.6. The van der Waals surface area contributed by atoms with Gasteiger partial charge in [-0.15, -0.1) is 0 Å². The summed E-state index contributed by atoms with van der Waals surface area (Å²) in [7, 11) is 0. The SMILES string of the molecule is C.C1CCOC1.Nc1ccccc1CNCC1CCC(C(=O)N2CCN(C(=O)C3CC3)CC2)CC1.O=C(C1CCC(CNCc2ccccc2[N+](=O)[O-])CC1)N1CCN(C(=O)C2CC2)CC1. The molecule has 0 unspecified atom stereocenters. The summed E-state index contributed by atoms with van der Waals surface area (Å²) in [6.45, 7) is 10.6. The lowest BCUT2D eigenvalue weighted by atomic mass is 9.81. The molecule has 0 atom stereocenters. The zero-order valence-corrected chi connectivity index (χ0v) is 38.6. The molecule has 3 saturated heterocycles. The van der Waals surface area contributed by atoms with E-state index in [0.717, 1.165) is 121 Å². The number of carbonyl (C=O) groups excluding carboxylic acids is 4. The van der Waals surface area contributed by atoms with Gasteiger partial charge in [0.25, 0.3) is 5.69 Å². The van der Waals surface area contributed by atoms with Crippen LogP contribution in [0.4, 0.5) is 11.4 Å². The lowest BCUT2D eigenvalue weighted by molar-refractivity contribution is -0.385. The van der Waals surface area contributed by atoms with E-state index in [9.17, 15) is 29.3 Å². The molecule has 15 nitrogen and oxygen atoms in total. The molecular formula is C51H78N8O7. The number of hydrogen-bond donors (Lipinski definition) is 3. The largest absolute Gasteiger partial charge is 0.398 e. The fraction of sp³-hybridized carbons (Fsp3) is 0.686. The number of rotatable bonds is 13. The highest BCUT2D eigenvalue weighted by Gasteiger charge is 2.38. The Kier molecular flexibility index (Phi) is 19.6. The van der Waals surface area contributed by atoms with Gasteiger partial charge in [-0.2, -0.15) is 0 Å². The smallest absolute Gasteiger partial charge is 0.273 e. The summed E-state index contributed by atoms with van der Waals surface area (Å²) in [4.78, 5) is 68.8. The van der Waals surface area contributed by atoms with Gasteiger partial charge in [0.05, 0.1) is 4.92 Å². The van der Waals surface area contributed by atoms with Crippen LogP contribution in [0.5, 0.6) is 0 Å². The summed E-state index contributed by atoms with van der Waals surface area (Å²) < 4.78 is 4.94. The molecule has 364 valence electrons. The van der Waals surface area contributed by atoms with Crippen LogP contribution in [0.3, 0.4) is 0 Å². The Labute approximate surface area is 393 Å². The molecule has 7 fully saturated rings. The maximum Gasteiger partial charge on any atom is 0.273 e. The molecule has 3 heterocycles. The van der Waals surface area contributed by atoms with Crippen LogP contribution in [-0.2, 0) is 37.0 Å². The number of hydrogen-bond acceptors (Lipinski definition) is 10. The molecule has 4 amide bonds. The van der Waals surface area contributed by atoms with Crippen molar-refractivity contribution in [3.8, 4) is 0 Å². The second-order valence-corrected chi connectivity index (χ2v) is 19.5. The van der Waals surface area contributed by atoms with Crippen molar-refractivity contribution in [1.82, 2.24) is 30.2 Å². The van der Waals surface area contributed by atoms with E-state index in [-0.39, 0.29) is 53.5 Å². The third-order valence-corrected chi connectivity index (χ3v) is 14.6. The van der Waals surface area contributed by atoms with Crippen molar-refractivity contribution in [3.63, 3.8) is 0 Å². The molecule has 9 rings (SSSR count). The van der Waals surface area contributed by atoms with Gasteiger partial charge in [0, 0.05) is 120 Å². The van der Waals surface area contributed by atoms with Gasteiger partial charge in [0.1, 0.15) is 0 Å². The number of nitro groups is 1. The highest BCUT2D eigenvalue weighted by Crippen LogP contribution is 2.34. The number of benzene rings is 2. The first-order valence-corrected chi connectivity index (χ1v) is 24.8. The van der Waals surface area contributed by atoms with Crippen LogP contribution in [0.15, 0.2) is 48.5 Å². The van der Waals surface area contributed by atoms with Crippen molar-refractivity contribution < 1.29 is 28.8 Å². The first-order valence-electron chi connectivity index (χ1n) is 24.8. The van der Waals surface area contributed by atoms with Crippen LogP contribution >= 0.6 is 0 Å². The lowest BCUT2D eigenvalue weighted by Gasteiger charge is -2.38. The fourth-order valence-electron chi connectivity index (χ4n) is 10.1. The van der Waals surface area contributed by atoms with Crippen molar-refractivity contribution in [2.75, 3.05) is 84.4 Å². The molecule has 0 aromatic heterocycles. The Balaban J connectivity index is 0.000000195. The average Bonchev–Trinajstić information content (AvgIpc) is 4.30. The normalized spacial score (nSPS) is 24.2. The van der Waals surface area contributed by atoms with Gasteiger partial charge >= 0.3 is 0 Å². The predicted octanol–water partition coefficient (Wildman–Crippen LogP) is 6.25.